The van der Waals surface area contributed by atoms with Gasteiger partial charge in [0.05, 0.1) is 22.4 Å². The highest BCUT2D eigenvalue weighted by Crippen LogP contribution is 2.15. The van der Waals surface area contributed by atoms with Crippen molar-refractivity contribution in [2.24, 2.45) is 5.10 Å². The molecule has 0 aliphatic carbocycles. The maximum Gasteiger partial charge on any atom is 0.278 e. The van der Waals surface area contributed by atoms with Crippen molar-refractivity contribution in [2.45, 2.75) is 19.3 Å². The minimum Gasteiger partial charge on any atom is -0.310 e. The largest absolute Gasteiger partial charge is 0.310 e. The normalized spacial score (nSPS) is 11.0. The second-order valence-electron chi connectivity index (χ2n) is 5.78. The molecular weight excluding hydrogens is 346 g/mol. The van der Waals surface area contributed by atoms with Crippen LogP contribution in [0.5, 0.6) is 0 Å². The Morgan fingerprint density at radius 3 is 2.70 bits per heavy atom. The number of nitro groups is 1. The Morgan fingerprint density at radius 2 is 1.89 bits per heavy atom. The molecule has 9 nitrogen and oxygen atoms in total. The summed E-state index contributed by atoms with van der Waals surface area (Å²) in [6.45, 7) is 0.657. The van der Waals surface area contributed by atoms with Crippen molar-refractivity contribution in [3.05, 3.63) is 76.1 Å². The van der Waals surface area contributed by atoms with E-state index in [1.54, 1.807) is 22.9 Å². The van der Waals surface area contributed by atoms with Gasteiger partial charge in [0.1, 0.15) is 0 Å². The van der Waals surface area contributed by atoms with Crippen molar-refractivity contribution in [2.75, 3.05) is 6.54 Å². The van der Waals surface area contributed by atoms with E-state index in [1.165, 1.54) is 12.3 Å². The van der Waals surface area contributed by atoms with Gasteiger partial charge in [0.15, 0.2) is 5.82 Å². The number of nitrogens with one attached hydrogen (secondary N) is 1. The zero-order valence-corrected chi connectivity index (χ0v) is 14.6. The van der Waals surface area contributed by atoms with E-state index in [4.69, 9.17) is 0 Å². The fourth-order valence-electron chi connectivity index (χ4n) is 2.56. The van der Waals surface area contributed by atoms with Crippen molar-refractivity contribution < 1.29 is 4.92 Å². The molecule has 0 bridgehead atoms. The predicted molar refractivity (Wildman–Crippen MR) is 101 cm³/mol. The molecule has 0 saturated heterocycles. The lowest BCUT2D eigenvalue weighted by molar-refractivity contribution is -0.385. The first-order valence-corrected chi connectivity index (χ1v) is 8.58. The number of aromatic nitrogens is 4. The second-order valence-corrected chi connectivity index (χ2v) is 5.78. The molecule has 0 aliphatic heterocycles. The summed E-state index contributed by atoms with van der Waals surface area (Å²) in [5.41, 5.74) is 4.36. The van der Waals surface area contributed by atoms with Gasteiger partial charge in [0, 0.05) is 19.0 Å². The van der Waals surface area contributed by atoms with Crippen LogP contribution in [0, 0.1) is 10.1 Å². The highest BCUT2D eigenvalue weighted by Gasteiger charge is 2.10. The van der Waals surface area contributed by atoms with Crippen LogP contribution in [-0.4, -0.2) is 37.9 Å². The number of aryl methyl sites for hydroxylation is 1. The van der Waals surface area contributed by atoms with E-state index in [-0.39, 0.29) is 5.69 Å². The average molecular weight is 365 g/mol. The van der Waals surface area contributed by atoms with E-state index in [0.29, 0.717) is 12.1 Å². The van der Waals surface area contributed by atoms with Gasteiger partial charge in [-0.25, -0.2) is 0 Å². The maximum atomic E-state index is 10.9. The molecule has 0 fully saturated rings. The first-order chi connectivity index (χ1) is 13.3. The Hall–Kier alpha value is -3.62. The molecule has 1 heterocycles. The van der Waals surface area contributed by atoms with Crippen LogP contribution in [0.25, 0.3) is 5.69 Å². The van der Waals surface area contributed by atoms with Crippen molar-refractivity contribution >= 4 is 11.9 Å². The summed E-state index contributed by atoms with van der Waals surface area (Å²) in [6.07, 6.45) is 3.97. The smallest absolute Gasteiger partial charge is 0.278 e. The average Bonchev–Trinajstić information content (AvgIpc) is 3.16. The Labute approximate surface area is 155 Å². The highest BCUT2D eigenvalue weighted by atomic mass is 16.6. The topological polar surface area (TPSA) is 111 Å². The number of nitro benzene ring substituents is 1. The van der Waals surface area contributed by atoms with Gasteiger partial charge in [-0.05, 0) is 41.5 Å². The molecule has 1 aromatic heterocycles. The van der Waals surface area contributed by atoms with Gasteiger partial charge in [-0.15, -0.1) is 5.10 Å². The van der Waals surface area contributed by atoms with E-state index >= 15 is 0 Å². The van der Waals surface area contributed by atoms with E-state index in [0.717, 1.165) is 30.8 Å². The Kier molecular flexibility index (Phi) is 6.18. The number of para-hydroxylation sites is 2. The van der Waals surface area contributed by atoms with Crippen LogP contribution in [0.15, 0.2) is 59.7 Å². The quantitative estimate of drug-likeness (QED) is 0.270. The Morgan fingerprint density at radius 1 is 1.11 bits per heavy atom. The summed E-state index contributed by atoms with van der Waals surface area (Å²) in [5, 5.41) is 26.9. The van der Waals surface area contributed by atoms with Gasteiger partial charge < -0.3 is 5.43 Å². The summed E-state index contributed by atoms with van der Waals surface area (Å²) in [7, 11) is 0. The third-order valence-corrected chi connectivity index (χ3v) is 3.90. The second kappa shape index (κ2) is 9.18. The molecule has 2 aromatic carbocycles. The lowest BCUT2D eigenvalue weighted by atomic mass is 10.2. The molecule has 3 aromatic rings. The number of hydrazone groups is 1. The highest BCUT2D eigenvalue weighted by molar-refractivity contribution is 5.84. The zero-order valence-electron chi connectivity index (χ0n) is 14.6. The Bertz CT molecular complexity index is 909. The van der Waals surface area contributed by atoms with E-state index in [2.05, 4.69) is 26.1 Å². The monoisotopic (exact) mass is 365 g/mol. The third-order valence-electron chi connectivity index (χ3n) is 3.90. The minimum absolute atomic E-state index is 0.0378. The van der Waals surface area contributed by atoms with Gasteiger partial charge >= 0.3 is 0 Å². The molecule has 27 heavy (non-hydrogen) atoms. The number of hydrogen-bond acceptors (Lipinski definition) is 7. The maximum absolute atomic E-state index is 10.9. The first-order valence-electron chi connectivity index (χ1n) is 8.58. The molecule has 9 heteroatoms. The van der Waals surface area contributed by atoms with E-state index in [1.807, 2.05) is 30.3 Å². The molecule has 1 N–H and O–H groups in total. The predicted octanol–water partition coefficient (Wildman–Crippen LogP) is 2.52. The molecule has 0 aliphatic rings. The van der Waals surface area contributed by atoms with Crippen LogP contribution in [-0.2, 0) is 6.42 Å². The molecule has 0 amide bonds. The van der Waals surface area contributed by atoms with E-state index < -0.39 is 4.92 Å². The summed E-state index contributed by atoms with van der Waals surface area (Å²) in [4.78, 5) is 10.5. The van der Waals surface area contributed by atoms with Crippen molar-refractivity contribution in [3.63, 3.8) is 0 Å². The van der Waals surface area contributed by atoms with Crippen LogP contribution >= 0.6 is 0 Å². The lowest BCUT2D eigenvalue weighted by Crippen LogP contribution is -2.09. The number of rotatable bonds is 9. The van der Waals surface area contributed by atoms with Crippen molar-refractivity contribution in [1.29, 1.82) is 0 Å². The number of hydrogen-bond donors (Lipinski definition) is 1. The fourth-order valence-corrected chi connectivity index (χ4v) is 2.56. The molecule has 138 valence electrons. The van der Waals surface area contributed by atoms with Crippen molar-refractivity contribution in [1.82, 2.24) is 25.6 Å². The molecule has 0 radical (unpaired) electrons. The summed E-state index contributed by atoms with van der Waals surface area (Å²) in [6, 6.07) is 16.2. The third kappa shape index (κ3) is 4.94. The van der Waals surface area contributed by atoms with Gasteiger partial charge in [0.2, 0.25) is 0 Å². The first kappa shape index (κ1) is 18.2. The Balaban J connectivity index is 1.43. The van der Waals surface area contributed by atoms with Crippen LogP contribution in [0.2, 0.25) is 0 Å². The van der Waals surface area contributed by atoms with Crippen LogP contribution in [0.1, 0.15) is 24.2 Å². The molecule has 0 atom stereocenters. The van der Waals surface area contributed by atoms with E-state index in [9.17, 15) is 10.1 Å². The minimum atomic E-state index is -0.418. The molecule has 3 rings (SSSR count). The summed E-state index contributed by atoms with van der Waals surface area (Å²) >= 11 is 0. The SMILES string of the molecule is O=[N+]([O-])c1ccccc1/C=N/NCCCCc1nnnn1-c1ccccc1. The number of tetrazole rings is 1. The summed E-state index contributed by atoms with van der Waals surface area (Å²) in [5.74, 6) is 0.810. The van der Waals surface area contributed by atoms with Gasteiger partial charge in [-0.1, -0.05) is 30.3 Å². The van der Waals surface area contributed by atoms with Crippen LogP contribution in [0.3, 0.4) is 0 Å². The van der Waals surface area contributed by atoms with Crippen molar-refractivity contribution in [3.8, 4) is 5.69 Å². The van der Waals surface area contributed by atoms with Crippen LogP contribution < -0.4 is 5.43 Å². The van der Waals surface area contributed by atoms with Gasteiger partial charge in [-0.3, -0.25) is 10.1 Å². The number of benzene rings is 2. The zero-order chi connectivity index (χ0) is 18.9. The number of nitrogens with zero attached hydrogens (tertiary/aromatic N) is 6. The lowest BCUT2D eigenvalue weighted by Gasteiger charge is -2.04. The molecular formula is C18H19N7O2. The molecule has 0 saturated carbocycles. The summed E-state index contributed by atoms with van der Waals surface area (Å²) < 4.78 is 1.74. The standard InChI is InChI=1S/C18H19N7O2/c26-25(27)17-11-5-4-8-15(17)14-20-19-13-7-6-12-18-21-22-23-24(18)16-9-2-1-3-10-16/h1-5,8-11,14,19H,6-7,12-13H2/b20-14+. The fraction of sp³-hybridized carbons (Fsp3) is 0.222. The van der Waals surface area contributed by atoms with Gasteiger partial charge in [0.25, 0.3) is 5.69 Å². The molecule has 0 unspecified atom stereocenters. The molecule has 0 spiro atoms. The number of unbranched alkanes of at least 4 members (excludes halogenated alkanes) is 1. The van der Waals surface area contributed by atoms with Gasteiger partial charge in [-0.2, -0.15) is 9.78 Å². The van der Waals surface area contributed by atoms with Crippen LogP contribution in [0.4, 0.5) is 5.69 Å².